The molecule has 2 fully saturated rings. The minimum Gasteiger partial charge on any atom is -0.384 e. The second-order valence-electron chi connectivity index (χ2n) is 5.97. The number of nitrogens with one attached hydrogen (secondary N) is 2. The fourth-order valence-electron chi connectivity index (χ4n) is 3.01. The summed E-state index contributed by atoms with van der Waals surface area (Å²) < 4.78 is 26.4. The Morgan fingerprint density at radius 2 is 2.00 bits per heavy atom. The molecule has 1 saturated heterocycles. The number of likely N-dealkylation sites (tertiary alicyclic amines) is 1. The van der Waals surface area contributed by atoms with Crippen molar-refractivity contribution in [2.24, 2.45) is 5.92 Å². The van der Waals surface area contributed by atoms with Crippen molar-refractivity contribution in [3.8, 4) is 0 Å². The van der Waals surface area contributed by atoms with Gasteiger partial charge in [0.1, 0.15) is 4.90 Å². The Morgan fingerprint density at radius 3 is 2.71 bits per heavy atom. The summed E-state index contributed by atoms with van der Waals surface area (Å²) in [4.78, 5) is 2.90. The van der Waals surface area contributed by atoms with E-state index in [4.69, 9.17) is 0 Å². The molecule has 5 nitrogen and oxygen atoms in total. The van der Waals surface area contributed by atoms with Gasteiger partial charge in [-0.1, -0.05) is 12.1 Å². The molecule has 2 aliphatic rings. The lowest BCUT2D eigenvalue weighted by Crippen LogP contribution is -2.25. The molecule has 1 aliphatic heterocycles. The SMILES string of the molecule is CNS(=O)(=O)c1ccccc1NCC1CCN(C2CC2)C1. The number of hydrogen-bond donors (Lipinski definition) is 2. The van der Waals surface area contributed by atoms with E-state index in [1.807, 2.05) is 12.1 Å². The second kappa shape index (κ2) is 5.94. The fourth-order valence-corrected chi connectivity index (χ4v) is 3.92. The van der Waals surface area contributed by atoms with Crippen LogP contribution in [0.4, 0.5) is 5.69 Å². The summed E-state index contributed by atoms with van der Waals surface area (Å²) >= 11 is 0. The highest BCUT2D eigenvalue weighted by atomic mass is 32.2. The minimum absolute atomic E-state index is 0.324. The molecular formula is C15H23N3O2S. The molecule has 0 radical (unpaired) electrons. The average molecular weight is 309 g/mol. The second-order valence-corrected chi connectivity index (χ2v) is 7.82. The van der Waals surface area contributed by atoms with Crippen LogP contribution in [0.2, 0.25) is 0 Å². The van der Waals surface area contributed by atoms with E-state index in [2.05, 4.69) is 14.9 Å². The topological polar surface area (TPSA) is 61.4 Å². The maximum Gasteiger partial charge on any atom is 0.242 e. The summed E-state index contributed by atoms with van der Waals surface area (Å²) in [7, 11) is -1.97. The molecule has 6 heteroatoms. The summed E-state index contributed by atoms with van der Waals surface area (Å²) in [6.07, 6.45) is 3.90. The first-order valence-electron chi connectivity index (χ1n) is 7.60. The average Bonchev–Trinajstić information content (AvgIpc) is 3.24. The van der Waals surface area contributed by atoms with Crippen LogP contribution in [0.25, 0.3) is 0 Å². The normalized spacial score (nSPS) is 23.4. The molecule has 21 heavy (non-hydrogen) atoms. The molecule has 0 spiro atoms. The molecule has 1 atom stereocenters. The van der Waals surface area contributed by atoms with Crippen LogP contribution in [0, 0.1) is 5.92 Å². The highest BCUT2D eigenvalue weighted by Crippen LogP contribution is 2.32. The van der Waals surface area contributed by atoms with Gasteiger partial charge >= 0.3 is 0 Å². The van der Waals surface area contributed by atoms with E-state index in [-0.39, 0.29) is 0 Å². The molecule has 1 aliphatic carbocycles. The predicted octanol–water partition coefficient (Wildman–Crippen LogP) is 1.49. The van der Waals surface area contributed by atoms with Crippen molar-refractivity contribution in [3.05, 3.63) is 24.3 Å². The number of para-hydroxylation sites is 1. The monoisotopic (exact) mass is 309 g/mol. The van der Waals surface area contributed by atoms with E-state index in [0.717, 1.165) is 19.1 Å². The van der Waals surface area contributed by atoms with Crippen LogP contribution >= 0.6 is 0 Å². The number of benzene rings is 1. The molecular weight excluding hydrogens is 286 g/mol. The molecule has 3 rings (SSSR count). The Balaban J connectivity index is 1.63. The molecule has 1 aromatic carbocycles. The van der Waals surface area contributed by atoms with Crippen LogP contribution < -0.4 is 10.0 Å². The van der Waals surface area contributed by atoms with Gasteiger partial charge in [-0.15, -0.1) is 0 Å². The van der Waals surface area contributed by atoms with E-state index in [1.165, 1.54) is 32.9 Å². The maximum atomic E-state index is 12.0. The predicted molar refractivity (Wildman–Crippen MR) is 83.9 cm³/mol. The lowest BCUT2D eigenvalue weighted by Gasteiger charge is -2.17. The highest BCUT2D eigenvalue weighted by molar-refractivity contribution is 7.89. The lowest BCUT2D eigenvalue weighted by atomic mass is 10.1. The summed E-state index contributed by atoms with van der Waals surface area (Å²) in [5.41, 5.74) is 0.691. The zero-order valence-electron chi connectivity index (χ0n) is 12.4. The van der Waals surface area contributed by atoms with Crippen LogP contribution in [0.5, 0.6) is 0 Å². The number of rotatable bonds is 6. The molecule has 116 valence electrons. The molecule has 0 amide bonds. The Hall–Kier alpha value is -1.11. The Kier molecular flexibility index (Phi) is 4.19. The van der Waals surface area contributed by atoms with Crippen LogP contribution in [0.15, 0.2) is 29.2 Å². The molecule has 1 heterocycles. The smallest absolute Gasteiger partial charge is 0.242 e. The summed E-state index contributed by atoms with van der Waals surface area (Å²) in [5, 5.41) is 3.33. The van der Waals surface area contributed by atoms with E-state index in [1.54, 1.807) is 12.1 Å². The lowest BCUT2D eigenvalue weighted by molar-refractivity contribution is 0.316. The van der Waals surface area contributed by atoms with Gasteiger partial charge < -0.3 is 10.2 Å². The van der Waals surface area contributed by atoms with Crippen LogP contribution in [0.1, 0.15) is 19.3 Å². The van der Waals surface area contributed by atoms with Crippen molar-refractivity contribution in [3.63, 3.8) is 0 Å². The highest BCUT2D eigenvalue weighted by Gasteiger charge is 2.34. The van der Waals surface area contributed by atoms with Gasteiger partial charge in [-0.3, -0.25) is 0 Å². The fraction of sp³-hybridized carbons (Fsp3) is 0.600. The van der Waals surface area contributed by atoms with Crippen molar-refractivity contribution in [1.82, 2.24) is 9.62 Å². The third-order valence-corrected chi connectivity index (χ3v) is 5.88. The van der Waals surface area contributed by atoms with E-state index in [0.29, 0.717) is 16.5 Å². The van der Waals surface area contributed by atoms with Crippen LogP contribution in [-0.2, 0) is 10.0 Å². The van der Waals surface area contributed by atoms with Gasteiger partial charge in [0.05, 0.1) is 5.69 Å². The summed E-state index contributed by atoms with van der Waals surface area (Å²) in [6, 6.07) is 7.91. The Labute approximate surface area is 126 Å². The molecule has 1 unspecified atom stereocenters. The van der Waals surface area contributed by atoms with Crippen molar-refractivity contribution in [2.45, 2.75) is 30.2 Å². The van der Waals surface area contributed by atoms with Gasteiger partial charge in [0.25, 0.3) is 0 Å². The first-order chi connectivity index (χ1) is 10.1. The van der Waals surface area contributed by atoms with Gasteiger partial charge in [0.15, 0.2) is 0 Å². The Bertz CT molecular complexity index is 599. The third kappa shape index (κ3) is 3.39. The van der Waals surface area contributed by atoms with Gasteiger partial charge in [-0.05, 0) is 50.9 Å². The maximum absolute atomic E-state index is 12.0. The van der Waals surface area contributed by atoms with Crippen molar-refractivity contribution in [1.29, 1.82) is 0 Å². The van der Waals surface area contributed by atoms with Crippen LogP contribution in [0.3, 0.4) is 0 Å². The zero-order valence-corrected chi connectivity index (χ0v) is 13.2. The number of hydrogen-bond acceptors (Lipinski definition) is 4. The standard InChI is InChI=1S/C15H23N3O2S/c1-16-21(19,20)15-5-3-2-4-14(15)17-10-12-8-9-18(11-12)13-6-7-13/h2-5,12-13,16-17H,6-11H2,1H3. The van der Waals surface area contributed by atoms with E-state index in [9.17, 15) is 8.42 Å². The molecule has 0 bridgehead atoms. The summed E-state index contributed by atoms with van der Waals surface area (Å²) in [5.74, 6) is 0.607. The first-order valence-corrected chi connectivity index (χ1v) is 9.09. The van der Waals surface area contributed by atoms with Gasteiger partial charge in [-0.2, -0.15) is 0 Å². The van der Waals surface area contributed by atoms with Crippen molar-refractivity contribution >= 4 is 15.7 Å². The van der Waals surface area contributed by atoms with E-state index >= 15 is 0 Å². The van der Waals surface area contributed by atoms with Gasteiger partial charge in [-0.25, -0.2) is 13.1 Å². The third-order valence-electron chi connectivity index (χ3n) is 4.41. The van der Waals surface area contributed by atoms with Gasteiger partial charge in [0, 0.05) is 19.1 Å². The number of nitrogens with zero attached hydrogens (tertiary/aromatic N) is 1. The van der Waals surface area contributed by atoms with E-state index < -0.39 is 10.0 Å². The first kappa shape index (κ1) is 14.8. The molecule has 1 saturated carbocycles. The molecule has 2 N–H and O–H groups in total. The minimum atomic E-state index is -3.41. The number of anilines is 1. The molecule has 1 aromatic rings. The zero-order chi connectivity index (χ0) is 14.9. The van der Waals surface area contributed by atoms with Gasteiger partial charge in [0.2, 0.25) is 10.0 Å². The number of sulfonamides is 1. The van der Waals surface area contributed by atoms with Crippen molar-refractivity contribution in [2.75, 3.05) is 32.0 Å². The quantitative estimate of drug-likeness (QED) is 0.836. The Morgan fingerprint density at radius 1 is 1.24 bits per heavy atom. The summed E-state index contributed by atoms with van der Waals surface area (Å²) in [6.45, 7) is 3.16. The molecule has 0 aromatic heterocycles. The van der Waals surface area contributed by atoms with Crippen LogP contribution in [-0.4, -0.2) is 46.0 Å². The largest absolute Gasteiger partial charge is 0.384 e. The van der Waals surface area contributed by atoms with Crippen molar-refractivity contribution < 1.29 is 8.42 Å².